The van der Waals surface area contributed by atoms with Crippen molar-refractivity contribution in [2.24, 2.45) is 5.73 Å². The highest BCUT2D eigenvalue weighted by Crippen LogP contribution is 2.30. The van der Waals surface area contributed by atoms with Crippen LogP contribution >= 0.6 is 11.3 Å². The van der Waals surface area contributed by atoms with Crippen molar-refractivity contribution in [2.75, 3.05) is 0 Å². The van der Waals surface area contributed by atoms with Crippen molar-refractivity contribution in [1.29, 1.82) is 0 Å². The second-order valence-electron chi connectivity index (χ2n) is 5.95. The average molecular weight is 286 g/mol. The zero-order valence-corrected chi connectivity index (χ0v) is 12.7. The number of aromatic nitrogens is 1. The molecular formula is C17H22N2S. The molecule has 0 radical (unpaired) electrons. The summed E-state index contributed by atoms with van der Waals surface area (Å²) in [4.78, 5) is 4.79. The first-order valence-corrected chi connectivity index (χ1v) is 8.42. The van der Waals surface area contributed by atoms with Crippen LogP contribution in [-0.2, 0) is 6.42 Å². The quantitative estimate of drug-likeness (QED) is 0.849. The van der Waals surface area contributed by atoms with Gasteiger partial charge in [-0.3, -0.25) is 0 Å². The third-order valence-corrected chi connectivity index (χ3v) is 5.07. The van der Waals surface area contributed by atoms with Gasteiger partial charge in [0.25, 0.3) is 0 Å². The Hall–Kier alpha value is -1.19. The first kappa shape index (κ1) is 13.8. The largest absolute Gasteiger partial charge is 0.325 e. The number of nitrogens with two attached hydrogens (primary N) is 1. The minimum atomic E-state index is -0.0255. The van der Waals surface area contributed by atoms with Crippen LogP contribution in [0.15, 0.2) is 35.7 Å². The van der Waals surface area contributed by atoms with E-state index < -0.39 is 0 Å². The van der Waals surface area contributed by atoms with Crippen molar-refractivity contribution in [3.05, 3.63) is 40.7 Å². The summed E-state index contributed by atoms with van der Waals surface area (Å²) in [7, 11) is 0. The van der Waals surface area contributed by atoms with Gasteiger partial charge < -0.3 is 5.73 Å². The molecule has 0 bridgehead atoms. The summed E-state index contributed by atoms with van der Waals surface area (Å²) >= 11 is 1.75. The first-order valence-electron chi connectivity index (χ1n) is 7.54. The lowest BCUT2D eigenvalue weighted by Crippen LogP contribution is -2.41. The van der Waals surface area contributed by atoms with Gasteiger partial charge in [0.1, 0.15) is 0 Å². The smallest absolute Gasteiger partial charge is 0.0950 e. The molecule has 0 aliphatic heterocycles. The van der Waals surface area contributed by atoms with Gasteiger partial charge in [0.05, 0.1) is 10.7 Å². The molecular weight excluding hydrogens is 264 g/mol. The molecule has 20 heavy (non-hydrogen) atoms. The van der Waals surface area contributed by atoms with Gasteiger partial charge in [-0.25, -0.2) is 4.98 Å². The number of rotatable bonds is 3. The van der Waals surface area contributed by atoms with Crippen molar-refractivity contribution in [2.45, 2.75) is 50.5 Å². The predicted molar refractivity (Wildman–Crippen MR) is 85.9 cm³/mol. The van der Waals surface area contributed by atoms with Crippen molar-refractivity contribution in [3.63, 3.8) is 0 Å². The molecule has 1 aliphatic carbocycles. The van der Waals surface area contributed by atoms with Crippen LogP contribution in [-0.4, -0.2) is 10.5 Å². The monoisotopic (exact) mass is 286 g/mol. The Labute approximate surface area is 125 Å². The summed E-state index contributed by atoms with van der Waals surface area (Å²) in [5.74, 6) is 0. The fourth-order valence-corrected chi connectivity index (χ4v) is 4.00. The van der Waals surface area contributed by atoms with Gasteiger partial charge in [-0.2, -0.15) is 0 Å². The van der Waals surface area contributed by atoms with Crippen LogP contribution in [0.3, 0.4) is 0 Å². The van der Waals surface area contributed by atoms with E-state index in [4.69, 9.17) is 10.7 Å². The van der Waals surface area contributed by atoms with Crippen molar-refractivity contribution in [3.8, 4) is 11.3 Å². The van der Waals surface area contributed by atoms with E-state index in [2.05, 4.69) is 29.6 Å². The molecule has 2 aromatic rings. The van der Waals surface area contributed by atoms with E-state index in [-0.39, 0.29) is 5.54 Å². The molecule has 0 atom stereocenters. The molecule has 0 amide bonds. The van der Waals surface area contributed by atoms with Crippen LogP contribution in [0.25, 0.3) is 11.3 Å². The fraction of sp³-hybridized carbons (Fsp3) is 0.471. The van der Waals surface area contributed by atoms with E-state index in [1.807, 2.05) is 6.07 Å². The Bertz CT molecular complexity index is 539. The second kappa shape index (κ2) is 6.06. The Morgan fingerprint density at radius 1 is 1.05 bits per heavy atom. The molecule has 3 heteroatoms. The highest BCUT2D eigenvalue weighted by atomic mass is 32.1. The lowest BCUT2D eigenvalue weighted by Gasteiger charge is -2.26. The maximum atomic E-state index is 6.61. The molecule has 2 nitrogen and oxygen atoms in total. The van der Waals surface area contributed by atoms with Crippen LogP contribution in [0.1, 0.15) is 43.5 Å². The molecule has 106 valence electrons. The number of hydrogen-bond acceptors (Lipinski definition) is 3. The molecule has 1 aromatic heterocycles. The number of thiazole rings is 1. The van der Waals surface area contributed by atoms with E-state index in [9.17, 15) is 0 Å². The molecule has 0 saturated heterocycles. The molecule has 0 spiro atoms. The summed E-state index contributed by atoms with van der Waals surface area (Å²) in [6, 6.07) is 10.4. The molecule has 2 N–H and O–H groups in total. The van der Waals surface area contributed by atoms with Gasteiger partial charge >= 0.3 is 0 Å². The average Bonchev–Trinajstić information content (AvgIpc) is 2.81. The maximum Gasteiger partial charge on any atom is 0.0950 e. The lowest BCUT2D eigenvalue weighted by molar-refractivity contribution is 0.369. The van der Waals surface area contributed by atoms with Crippen LogP contribution < -0.4 is 5.73 Å². The van der Waals surface area contributed by atoms with Gasteiger partial charge in [-0.1, -0.05) is 56.0 Å². The van der Waals surface area contributed by atoms with Crippen molar-refractivity contribution < 1.29 is 0 Å². The lowest BCUT2D eigenvalue weighted by atomic mass is 9.88. The van der Waals surface area contributed by atoms with Gasteiger partial charge in [-0.15, -0.1) is 11.3 Å². The Morgan fingerprint density at radius 3 is 2.45 bits per heavy atom. The number of hydrogen-bond donors (Lipinski definition) is 1. The maximum absolute atomic E-state index is 6.61. The van der Waals surface area contributed by atoms with Gasteiger partial charge in [-0.05, 0) is 12.8 Å². The minimum absolute atomic E-state index is 0.0255. The van der Waals surface area contributed by atoms with E-state index in [0.717, 1.165) is 25.0 Å². The zero-order chi connectivity index (χ0) is 13.8. The van der Waals surface area contributed by atoms with E-state index in [0.29, 0.717) is 0 Å². The second-order valence-corrected chi connectivity index (χ2v) is 6.89. The first-order chi connectivity index (χ1) is 9.75. The van der Waals surface area contributed by atoms with Crippen molar-refractivity contribution >= 4 is 11.3 Å². The summed E-state index contributed by atoms with van der Waals surface area (Å²) in [5, 5.41) is 3.35. The highest BCUT2D eigenvalue weighted by molar-refractivity contribution is 7.09. The molecule has 1 heterocycles. The van der Waals surface area contributed by atoms with Crippen LogP contribution in [0.5, 0.6) is 0 Å². The molecule has 0 unspecified atom stereocenters. The van der Waals surface area contributed by atoms with E-state index in [1.165, 1.54) is 36.3 Å². The zero-order valence-electron chi connectivity index (χ0n) is 11.8. The Morgan fingerprint density at radius 2 is 1.75 bits per heavy atom. The van der Waals surface area contributed by atoms with E-state index in [1.54, 1.807) is 11.3 Å². The number of nitrogens with zero attached hydrogens (tertiary/aromatic N) is 1. The van der Waals surface area contributed by atoms with Gasteiger partial charge in [0.15, 0.2) is 0 Å². The minimum Gasteiger partial charge on any atom is -0.325 e. The standard InChI is InChI=1S/C17H22N2S/c18-17(10-6-1-2-7-11-17)12-16-19-15(13-20-16)14-8-4-3-5-9-14/h3-5,8-9,13H,1-2,6-7,10-12,18H2. The summed E-state index contributed by atoms with van der Waals surface area (Å²) in [5.41, 5.74) is 8.86. The molecule has 1 aromatic carbocycles. The third kappa shape index (κ3) is 3.28. The summed E-state index contributed by atoms with van der Waals surface area (Å²) in [6.07, 6.45) is 8.45. The van der Waals surface area contributed by atoms with E-state index >= 15 is 0 Å². The molecule has 1 aliphatic rings. The van der Waals surface area contributed by atoms with Gasteiger partial charge in [0.2, 0.25) is 0 Å². The predicted octanol–water partition coefficient (Wildman–Crippen LogP) is 4.40. The fourth-order valence-electron chi connectivity index (χ4n) is 3.04. The molecule has 3 rings (SSSR count). The SMILES string of the molecule is NC1(Cc2nc(-c3ccccc3)cs2)CCCCCC1. The highest BCUT2D eigenvalue weighted by Gasteiger charge is 2.27. The van der Waals surface area contributed by atoms with Crippen LogP contribution in [0.2, 0.25) is 0 Å². The summed E-state index contributed by atoms with van der Waals surface area (Å²) < 4.78 is 0. The van der Waals surface area contributed by atoms with Crippen molar-refractivity contribution in [1.82, 2.24) is 4.98 Å². The summed E-state index contributed by atoms with van der Waals surface area (Å²) in [6.45, 7) is 0. The Balaban J connectivity index is 1.74. The number of benzene rings is 1. The van der Waals surface area contributed by atoms with Gasteiger partial charge in [0, 0.05) is 22.9 Å². The van der Waals surface area contributed by atoms with Crippen LogP contribution in [0.4, 0.5) is 0 Å². The topological polar surface area (TPSA) is 38.9 Å². The Kier molecular flexibility index (Phi) is 4.18. The normalized spacial score (nSPS) is 18.6. The molecule has 1 saturated carbocycles. The van der Waals surface area contributed by atoms with Crippen LogP contribution in [0, 0.1) is 0 Å². The third-order valence-electron chi connectivity index (χ3n) is 4.22. The molecule has 1 fully saturated rings.